The molecule has 0 spiro atoms. The van der Waals surface area contributed by atoms with Gasteiger partial charge in [0, 0.05) is 19.3 Å². The van der Waals surface area contributed by atoms with E-state index < -0.39 is 6.10 Å². The van der Waals surface area contributed by atoms with E-state index in [0.717, 1.165) is 141 Å². The molecule has 0 aromatic rings. The van der Waals surface area contributed by atoms with Gasteiger partial charge >= 0.3 is 17.9 Å². The van der Waals surface area contributed by atoms with E-state index in [0.29, 0.717) is 19.3 Å². The minimum Gasteiger partial charge on any atom is -0.462 e. The van der Waals surface area contributed by atoms with Crippen LogP contribution in [0.15, 0.2) is 122 Å². The van der Waals surface area contributed by atoms with Gasteiger partial charge in [0.1, 0.15) is 13.2 Å². The van der Waals surface area contributed by atoms with Gasteiger partial charge in [-0.05, 0) is 128 Å². The lowest BCUT2D eigenvalue weighted by atomic mass is 10.1. The lowest BCUT2D eigenvalue weighted by molar-refractivity contribution is -0.167. The van der Waals surface area contributed by atoms with Gasteiger partial charge in [0.25, 0.3) is 0 Å². The van der Waals surface area contributed by atoms with Crippen molar-refractivity contribution >= 4 is 17.9 Å². The maximum absolute atomic E-state index is 12.9. The molecule has 0 saturated heterocycles. The van der Waals surface area contributed by atoms with E-state index in [-0.39, 0.29) is 31.1 Å². The highest BCUT2D eigenvalue weighted by Gasteiger charge is 2.19. The van der Waals surface area contributed by atoms with Crippen molar-refractivity contribution in [2.75, 3.05) is 13.2 Å². The molecule has 0 aliphatic heterocycles. The molecule has 0 amide bonds. The summed E-state index contributed by atoms with van der Waals surface area (Å²) >= 11 is 0. The molecule has 0 aliphatic rings. The largest absolute Gasteiger partial charge is 0.462 e. The van der Waals surface area contributed by atoms with Crippen molar-refractivity contribution in [1.82, 2.24) is 0 Å². The Morgan fingerprint density at radius 1 is 0.269 bits per heavy atom. The van der Waals surface area contributed by atoms with Gasteiger partial charge in [0.15, 0.2) is 6.10 Å². The number of hydrogen-bond donors (Lipinski definition) is 0. The van der Waals surface area contributed by atoms with Crippen LogP contribution >= 0.6 is 0 Å². The Morgan fingerprint density at radius 2 is 0.513 bits per heavy atom. The number of ether oxygens (including phenoxy) is 3. The highest BCUT2D eigenvalue weighted by atomic mass is 16.6. The molecule has 0 fully saturated rings. The SMILES string of the molecule is CC/C=C\C/C=C\C/C=C\C/C=C\C/C=C\CCCCCCCCCC(=O)OCC(COC(=O)CCCCCCC/C=C\C/C=C\CCCC)OC(=O)CCCCCCCCCC/C=C\C/C=C\C/C=C\CCCCCCC. The number of allylic oxidation sites excluding steroid dienone is 20. The van der Waals surface area contributed by atoms with E-state index in [1.165, 1.54) is 116 Å². The van der Waals surface area contributed by atoms with Gasteiger partial charge in [-0.3, -0.25) is 14.4 Å². The van der Waals surface area contributed by atoms with Gasteiger partial charge in [0.05, 0.1) is 0 Å². The molecule has 0 aliphatic carbocycles. The topological polar surface area (TPSA) is 78.9 Å². The lowest BCUT2D eigenvalue weighted by Gasteiger charge is -2.18. The van der Waals surface area contributed by atoms with Crippen LogP contribution in [0.2, 0.25) is 0 Å². The average molecular weight is 1080 g/mol. The Bertz CT molecular complexity index is 1620. The molecular weight excluding hydrogens is 961 g/mol. The zero-order chi connectivity index (χ0) is 56.4. The van der Waals surface area contributed by atoms with Gasteiger partial charge in [-0.15, -0.1) is 0 Å². The van der Waals surface area contributed by atoms with Crippen molar-refractivity contribution in [3.8, 4) is 0 Å². The molecule has 78 heavy (non-hydrogen) atoms. The average Bonchev–Trinajstić information content (AvgIpc) is 3.44. The number of esters is 3. The molecule has 444 valence electrons. The Balaban J connectivity index is 4.41. The molecule has 0 radical (unpaired) electrons. The number of hydrogen-bond acceptors (Lipinski definition) is 6. The monoisotopic (exact) mass is 1080 g/mol. The molecule has 0 saturated carbocycles. The third-order valence-corrected chi connectivity index (χ3v) is 13.7. The number of carbonyl (C=O) groups excluding carboxylic acids is 3. The van der Waals surface area contributed by atoms with Gasteiger partial charge in [-0.1, -0.05) is 271 Å². The van der Waals surface area contributed by atoms with Crippen LogP contribution in [-0.2, 0) is 28.6 Å². The minimum atomic E-state index is -0.798. The lowest BCUT2D eigenvalue weighted by Crippen LogP contribution is -2.30. The van der Waals surface area contributed by atoms with Gasteiger partial charge in [-0.2, -0.15) is 0 Å². The standard InChI is InChI=1S/C72H120O6/c1-4-7-10-13-16-19-22-25-28-30-32-34-36-38-40-42-44-47-50-53-56-59-62-65-71(74)77-68-69(67-76-70(73)64-61-58-55-52-49-46-27-24-21-18-15-12-9-6-3)78-72(75)66-63-60-57-54-51-48-45-43-41-39-37-35-33-31-29-26-23-20-17-14-11-8-5-2/h7,10,15-16,18-19,23-28,31-34,37-40,69H,4-6,8-9,11-14,17,20-22,29-30,35-36,41-68H2,1-3H3/b10-7-,18-15-,19-16-,26-23-,27-24-,28-25-,33-31-,34-32-,39-37-,40-38-. The number of carbonyl (C=O) groups is 3. The predicted octanol–water partition coefficient (Wildman–Crippen LogP) is 22.4. The van der Waals surface area contributed by atoms with Crippen LogP contribution in [0.25, 0.3) is 0 Å². The van der Waals surface area contributed by atoms with Crippen LogP contribution in [0.3, 0.4) is 0 Å². The predicted molar refractivity (Wildman–Crippen MR) is 339 cm³/mol. The van der Waals surface area contributed by atoms with Crippen LogP contribution in [0, 0.1) is 0 Å². The highest BCUT2D eigenvalue weighted by molar-refractivity contribution is 5.71. The summed E-state index contributed by atoms with van der Waals surface area (Å²) in [6.07, 6.45) is 90.5. The summed E-state index contributed by atoms with van der Waals surface area (Å²) < 4.78 is 16.9. The molecule has 0 bridgehead atoms. The van der Waals surface area contributed by atoms with Crippen LogP contribution in [0.4, 0.5) is 0 Å². The van der Waals surface area contributed by atoms with Gasteiger partial charge < -0.3 is 14.2 Å². The molecule has 0 heterocycles. The molecule has 6 heteroatoms. The van der Waals surface area contributed by atoms with E-state index in [4.69, 9.17) is 14.2 Å². The first-order valence-corrected chi connectivity index (χ1v) is 32.5. The van der Waals surface area contributed by atoms with E-state index in [2.05, 4.69) is 142 Å². The Morgan fingerprint density at radius 3 is 0.821 bits per heavy atom. The zero-order valence-corrected chi connectivity index (χ0v) is 50.9. The van der Waals surface area contributed by atoms with Crippen molar-refractivity contribution < 1.29 is 28.6 Å². The summed E-state index contributed by atoms with van der Waals surface area (Å²) in [6.45, 7) is 6.46. The van der Waals surface area contributed by atoms with Crippen molar-refractivity contribution in [1.29, 1.82) is 0 Å². The third-order valence-electron chi connectivity index (χ3n) is 13.7. The molecule has 0 rings (SSSR count). The van der Waals surface area contributed by atoms with E-state index in [9.17, 15) is 14.4 Å². The minimum absolute atomic E-state index is 0.0939. The first kappa shape index (κ1) is 73.8. The smallest absolute Gasteiger partial charge is 0.306 e. The summed E-state index contributed by atoms with van der Waals surface area (Å²) in [5.74, 6) is -0.920. The second kappa shape index (κ2) is 65.3. The fraction of sp³-hybridized carbons (Fsp3) is 0.681. The second-order valence-corrected chi connectivity index (χ2v) is 21.3. The van der Waals surface area contributed by atoms with Crippen LogP contribution in [-0.4, -0.2) is 37.2 Å². The molecule has 0 aromatic heterocycles. The van der Waals surface area contributed by atoms with E-state index in [1.54, 1.807) is 0 Å². The molecule has 6 nitrogen and oxygen atoms in total. The summed E-state index contributed by atoms with van der Waals surface area (Å²) in [5, 5.41) is 0. The molecule has 0 N–H and O–H groups in total. The maximum Gasteiger partial charge on any atom is 0.306 e. The van der Waals surface area contributed by atoms with E-state index >= 15 is 0 Å². The maximum atomic E-state index is 12.9. The van der Waals surface area contributed by atoms with Crippen molar-refractivity contribution in [3.63, 3.8) is 0 Å². The van der Waals surface area contributed by atoms with Gasteiger partial charge in [0.2, 0.25) is 0 Å². The number of unbranched alkanes of at least 4 members (excludes halogenated alkanes) is 27. The number of rotatable bonds is 58. The molecule has 0 aromatic carbocycles. The third kappa shape index (κ3) is 62.7. The van der Waals surface area contributed by atoms with Crippen molar-refractivity contribution in [2.24, 2.45) is 0 Å². The van der Waals surface area contributed by atoms with Crippen molar-refractivity contribution in [3.05, 3.63) is 122 Å². The Labute approximate surface area is 482 Å². The highest BCUT2D eigenvalue weighted by Crippen LogP contribution is 2.15. The fourth-order valence-corrected chi connectivity index (χ4v) is 8.79. The van der Waals surface area contributed by atoms with Crippen LogP contribution in [0.5, 0.6) is 0 Å². The Hall–Kier alpha value is -4.19. The quantitative estimate of drug-likeness (QED) is 0.0261. The summed E-state index contributed by atoms with van der Waals surface area (Å²) in [5.41, 5.74) is 0. The fourth-order valence-electron chi connectivity index (χ4n) is 8.79. The first-order valence-electron chi connectivity index (χ1n) is 32.5. The molecule has 1 unspecified atom stereocenters. The summed E-state index contributed by atoms with van der Waals surface area (Å²) in [6, 6.07) is 0. The Kier molecular flexibility index (Phi) is 61.8. The van der Waals surface area contributed by atoms with Crippen LogP contribution in [0.1, 0.15) is 297 Å². The second-order valence-electron chi connectivity index (χ2n) is 21.3. The van der Waals surface area contributed by atoms with E-state index in [1.807, 2.05) is 0 Å². The zero-order valence-electron chi connectivity index (χ0n) is 50.9. The summed E-state index contributed by atoms with van der Waals surface area (Å²) in [4.78, 5) is 38.4. The molecular formula is C72H120O6. The normalized spacial score (nSPS) is 12.9. The first-order chi connectivity index (χ1) is 38.5. The van der Waals surface area contributed by atoms with Crippen molar-refractivity contribution in [2.45, 2.75) is 303 Å². The van der Waals surface area contributed by atoms with Crippen LogP contribution < -0.4 is 0 Å². The molecule has 1 atom stereocenters. The summed E-state index contributed by atoms with van der Waals surface area (Å²) in [7, 11) is 0. The van der Waals surface area contributed by atoms with Gasteiger partial charge in [-0.25, -0.2) is 0 Å².